The maximum atomic E-state index is 13.9. The fourth-order valence-electron chi connectivity index (χ4n) is 3.17. The Kier molecular flexibility index (Phi) is 6.14. The zero-order valence-electron chi connectivity index (χ0n) is 16.0. The van der Waals surface area contributed by atoms with Crippen LogP contribution in [-0.2, 0) is 6.18 Å². The van der Waals surface area contributed by atoms with E-state index in [1.165, 1.54) is 6.07 Å². The van der Waals surface area contributed by atoms with Crippen LogP contribution in [0.3, 0.4) is 0 Å². The second-order valence-corrected chi connectivity index (χ2v) is 6.81. The van der Waals surface area contributed by atoms with Gasteiger partial charge in [0, 0.05) is 18.1 Å². The highest BCUT2D eigenvalue weighted by molar-refractivity contribution is 5.95. The fourth-order valence-corrected chi connectivity index (χ4v) is 3.17. The van der Waals surface area contributed by atoms with Crippen molar-refractivity contribution >= 4 is 5.78 Å². The maximum absolute atomic E-state index is 13.9. The third-order valence-corrected chi connectivity index (χ3v) is 4.77. The van der Waals surface area contributed by atoms with Crippen molar-refractivity contribution in [3.8, 4) is 11.4 Å². The molecule has 0 amide bonds. The van der Waals surface area contributed by atoms with Crippen LogP contribution in [0.2, 0.25) is 0 Å². The van der Waals surface area contributed by atoms with Crippen molar-refractivity contribution in [2.45, 2.75) is 31.9 Å². The topological polar surface area (TPSA) is 62.8 Å². The highest BCUT2D eigenvalue weighted by atomic mass is 19.4. The summed E-state index contributed by atoms with van der Waals surface area (Å²) in [5.41, 5.74) is -0.994. The van der Waals surface area contributed by atoms with Crippen molar-refractivity contribution in [2.75, 3.05) is 0 Å². The summed E-state index contributed by atoms with van der Waals surface area (Å²) >= 11 is 0. The molecule has 8 heteroatoms. The lowest BCUT2D eigenvalue weighted by molar-refractivity contribution is -0.140. The summed E-state index contributed by atoms with van der Waals surface area (Å²) in [6.45, 7) is 1.74. The number of H-pyrrole nitrogens is 1. The SMILES string of the molecule is CC[C@@H](CC(=O)c1cc(=O)[nH]c(-c2ccccc2)n1)c1ccc(C(F)(F)F)c(F)c1. The van der Waals surface area contributed by atoms with Gasteiger partial charge < -0.3 is 4.98 Å². The predicted molar refractivity (Wildman–Crippen MR) is 104 cm³/mol. The molecule has 30 heavy (non-hydrogen) atoms. The minimum absolute atomic E-state index is 0.0524. The number of Topliss-reactive ketones (excluding diaryl/α,β-unsaturated/α-hetero) is 1. The molecule has 0 spiro atoms. The first-order chi connectivity index (χ1) is 14.2. The van der Waals surface area contributed by atoms with E-state index in [0.29, 0.717) is 18.1 Å². The van der Waals surface area contributed by atoms with Crippen LogP contribution < -0.4 is 5.56 Å². The van der Waals surface area contributed by atoms with Crippen molar-refractivity contribution in [3.63, 3.8) is 0 Å². The monoisotopic (exact) mass is 418 g/mol. The molecule has 3 aromatic rings. The normalized spacial score (nSPS) is 12.6. The van der Waals surface area contributed by atoms with Crippen LogP contribution in [0.4, 0.5) is 17.6 Å². The number of aromatic nitrogens is 2. The number of aromatic amines is 1. The molecule has 156 valence electrons. The molecule has 0 fully saturated rings. The van der Waals surface area contributed by atoms with E-state index in [2.05, 4.69) is 9.97 Å². The molecule has 0 saturated carbocycles. The Hall–Kier alpha value is -3.29. The largest absolute Gasteiger partial charge is 0.419 e. The van der Waals surface area contributed by atoms with Crippen LogP contribution in [0.1, 0.15) is 47.3 Å². The molecule has 1 aromatic heterocycles. The van der Waals surface area contributed by atoms with Gasteiger partial charge in [0.15, 0.2) is 5.78 Å². The van der Waals surface area contributed by atoms with Gasteiger partial charge in [0.05, 0.1) is 5.56 Å². The van der Waals surface area contributed by atoms with Crippen LogP contribution >= 0.6 is 0 Å². The summed E-state index contributed by atoms with van der Waals surface area (Å²) in [5, 5.41) is 0. The van der Waals surface area contributed by atoms with Gasteiger partial charge in [0.25, 0.3) is 5.56 Å². The van der Waals surface area contributed by atoms with Crippen LogP contribution in [0.25, 0.3) is 11.4 Å². The summed E-state index contributed by atoms with van der Waals surface area (Å²) < 4.78 is 52.3. The minimum Gasteiger partial charge on any atom is -0.306 e. The number of benzene rings is 2. The van der Waals surface area contributed by atoms with Crippen LogP contribution in [0.15, 0.2) is 59.4 Å². The number of hydrogen-bond acceptors (Lipinski definition) is 3. The lowest BCUT2D eigenvalue weighted by Gasteiger charge is -2.16. The minimum atomic E-state index is -4.79. The number of hydrogen-bond donors (Lipinski definition) is 1. The van der Waals surface area contributed by atoms with E-state index >= 15 is 0 Å². The van der Waals surface area contributed by atoms with E-state index in [-0.39, 0.29) is 23.5 Å². The number of carbonyl (C=O) groups excluding carboxylic acids is 1. The Morgan fingerprint density at radius 2 is 1.80 bits per heavy atom. The summed E-state index contributed by atoms with van der Waals surface area (Å²) in [6, 6.07) is 12.5. The molecule has 3 rings (SSSR count). The predicted octanol–water partition coefficient (Wildman–Crippen LogP) is 5.36. The molecule has 0 aliphatic heterocycles. The lowest BCUT2D eigenvalue weighted by Crippen LogP contribution is -2.16. The zero-order chi connectivity index (χ0) is 21.9. The molecular formula is C22H18F4N2O2. The average Bonchev–Trinajstić information content (AvgIpc) is 2.71. The van der Waals surface area contributed by atoms with E-state index in [1.54, 1.807) is 37.3 Å². The number of carbonyl (C=O) groups is 1. The van der Waals surface area contributed by atoms with Crippen LogP contribution in [0, 0.1) is 5.82 Å². The second-order valence-electron chi connectivity index (χ2n) is 6.81. The van der Waals surface area contributed by atoms with Gasteiger partial charge >= 0.3 is 6.18 Å². The molecule has 1 heterocycles. The summed E-state index contributed by atoms with van der Waals surface area (Å²) in [4.78, 5) is 31.5. The molecule has 1 atom stereocenters. The summed E-state index contributed by atoms with van der Waals surface area (Å²) in [6.07, 6.45) is -4.51. The molecule has 2 aromatic carbocycles. The van der Waals surface area contributed by atoms with E-state index in [1.807, 2.05) is 0 Å². The molecule has 1 N–H and O–H groups in total. The zero-order valence-corrected chi connectivity index (χ0v) is 16.0. The van der Waals surface area contributed by atoms with Gasteiger partial charge in [-0.15, -0.1) is 0 Å². The summed E-state index contributed by atoms with van der Waals surface area (Å²) in [7, 11) is 0. The number of ketones is 1. The highest BCUT2D eigenvalue weighted by Crippen LogP contribution is 2.34. The maximum Gasteiger partial charge on any atom is 0.419 e. The molecule has 0 aliphatic carbocycles. The van der Waals surface area contributed by atoms with Gasteiger partial charge in [-0.05, 0) is 30.0 Å². The number of halogens is 4. The summed E-state index contributed by atoms with van der Waals surface area (Å²) in [5.74, 6) is -2.12. The van der Waals surface area contributed by atoms with Gasteiger partial charge in [0.1, 0.15) is 17.3 Å². The standard InChI is InChI=1S/C22H18F4N2O2/c1-2-13(15-8-9-16(17(23)10-15)22(24,25)26)11-19(29)18-12-20(30)28-21(27-18)14-6-4-3-5-7-14/h3-10,12-13H,2,11H2,1H3,(H,27,28,30)/t13-/m0/s1. The van der Waals surface area contributed by atoms with Crippen molar-refractivity contribution < 1.29 is 22.4 Å². The van der Waals surface area contributed by atoms with E-state index in [9.17, 15) is 27.2 Å². The van der Waals surface area contributed by atoms with Gasteiger partial charge in [-0.1, -0.05) is 43.3 Å². The Balaban J connectivity index is 1.87. The fraction of sp³-hybridized carbons (Fsp3) is 0.227. The molecule has 0 saturated heterocycles. The molecule has 0 aliphatic rings. The van der Waals surface area contributed by atoms with Gasteiger partial charge in [-0.2, -0.15) is 13.2 Å². The van der Waals surface area contributed by atoms with Gasteiger partial charge in [0.2, 0.25) is 0 Å². The lowest BCUT2D eigenvalue weighted by atomic mass is 9.90. The number of rotatable bonds is 6. The Morgan fingerprint density at radius 3 is 2.40 bits per heavy atom. The Bertz CT molecular complexity index is 1110. The number of nitrogens with zero attached hydrogens (tertiary/aromatic N) is 1. The first-order valence-corrected chi connectivity index (χ1v) is 9.25. The van der Waals surface area contributed by atoms with Crippen LogP contribution in [-0.4, -0.2) is 15.8 Å². The Morgan fingerprint density at radius 1 is 1.10 bits per heavy atom. The smallest absolute Gasteiger partial charge is 0.306 e. The van der Waals surface area contributed by atoms with Crippen molar-refractivity contribution in [1.29, 1.82) is 0 Å². The molecule has 4 nitrogen and oxygen atoms in total. The number of nitrogens with one attached hydrogen (secondary N) is 1. The molecule has 0 unspecified atom stereocenters. The van der Waals surface area contributed by atoms with E-state index in [4.69, 9.17) is 0 Å². The molecular weight excluding hydrogens is 400 g/mol. The van der Waals surface area contributed by atoms with E-state index < -0.39 is 34.8 Å². The average molecular weight is 418 g/mol. The first-order valence-electron chi connectivity index (χ1n) is 9.25. The van der Waals surface area contributed by atoms with Gasteiger partial charge in [-0.3, -0.25) is 9.59 Å². The van der Waals surface area contributed by atoms with Crippen molar-refractivity contribution in [1.82, 2.24) is 9.97 Å². The highest BCUT2D eigenvalue weighted by Gasteiger charge is 2.34. The Labute approximate surface area is 169 Å². The second kappa shape index (κ2) is 8.61. The first kappa shape index (κ1) is 21.4. The quantitative estimate of drug-likeness (QED) is 0.433. The van der Waals surface area contributed by atoms with E-state index in [0.717, 1.165) is 12.1 Å². The third kappa shape index (κ3) is 4.82. The number of alkyl halides is 3. The van der Waals surface area contributed by atoms with Crippen molar-refractivity contribution in [2.24, 2.45) is 0 Å². The molecule has 0 radical (unpaired) electrons. The van der Waals surface area contributed by atoms with Gasteiger partial charge in [-0.25, -0.2) is 9.37 Å². The molecule has 0 bridgehead atoms. The van der Waals surface area contributed by atoms with Crippen LogP contribution in [0.5, 0.6) is 0 Å². The van der Waals surface area contributed by atoms with Crippen molar-refractivity contribution in [3.05, 3.63) is 87.6 Å². The third-order valence-electron chi connectivity index (χ3n) is 4.77.